The van der Waals surface area contributed by atoms with Crippen molar-refractivity contribution in [1.82, 2.24) is 9.55 Å². The molecule has 0 unspecified atom stereocenters. The highest BCUT2D eigenvalue weighted by molar-refractivity contribution is 5.82. The van der Waals surface area contributed by atoms with Crippen molar-refractivity contribution in [1.29, 1.82) is 0 Å². The number of hydrogen-bond acceptors (Lipinski definition) is 2. The molecule has 2 aromatic carbocycles. The summed E-state index contributed by atoms with van der Waals surface area (Å²) in [6.45, 7) is 0.396. The number of nitrogens with zero attached hydrogens (tertiary/aromatic N) is 2. The van der Waals surface area contributed by atoms with Crippen LogP contribution in [0.25, 0.3) is 11.0 Å². The number of fused-ring (bicyclic) bond motifs is 1. The van der Waals surface area contributed by atoms with Gasteiger partial charge >= 0.3 is 0 Å². The quantitative estimate of drug-likeness (QED) is 0.709. The number of aryl methyl sites for hydroxylation is 1. The first-order valence-electron chi connectivity index (χ1n) is 6.78. The average Bonchev–Trinajstić information content (AvgIpc) is 2.90. The van der Waals surface area contributed by atoms with Crippen molar-refractivity contribution in [2.24, 2.45) is 0 Å². The first kappa shape index (κ1) is 12.6. The van der Waals surface area contributed by atoms with Gasteiger partial charge in [-0.05, 0) is 24.1 Å². The third kappa shape index (κ3) is 2.77. The molecule has 0 saturated heterocycles. The lowest BCUT2D eigenvalue weighted by atomic mass is 10.1. The zero-order chi connectivity index (χ0) is 13.8. The highest BCUT2D eigenvalue weighted by atomic mass is 16.1. The fourth-order valence-corrected chi connectivity index (χ4v) is 2.33. The molecule has 0 fully saturated rings. The van der Waals surface area contributed by atoms with Gasteiger partial charge in [0, 0.05) is 6.42 Å². The van der Waals surface area contributed by atoms with E-state index < -0.39 is 0 Å². The molecule has 0 saturated carbocycles. The zero-order valence-electron chi connectivity index (χ0n) is 11.2. The smallest absolute Gasteiger partial charge is 0.152 e. The molecule has 1 heterocycles. The molecular formula is C17H16N2O. The Morgan fingerprint density at radius 2 is 1.75 bits per heavy atom. The van der Waals surface area contributed by atoms with Gasteiger partial charge in [-0.15, -0.1) is 0 Å². The van der Waals surface area contributed by atoms with Crippen molar-refractivity contribution < 1.29 is 4.79 Å². The Morgan fingerprint density at radius 1 is 1.00 bits per heavy atom. The molecule has 0 spiro atoms. The zero-order valence-corrected chi connectivity index (χ0v) is 11.2. The maximum Gasteiger partial charge on any atom is 0.152 e. The van der Waals surface area contributed by atoms with Crippen LogP contribution in [-0.2, 0) is 17.8 Å². The first-order chi connectivity index (χ1) is 9.83. The summed E-state index contributed by atoms with van der Waals surface area (Å²) in [4.78, 5) is 16.4. The number of hydrogen-bond donors (Lipinski definition) is 0. The lowest BCUT2D eigenvalue weighted by Crippen LogP contribution is -2.10. The van der Waals surface area contributed by atoms with Crippen molar-refractivity contribution in [3.05, 3.63) is 66.5 Å². The van der Waals surface area contributed by atoms with Crippen LogP contribution >= 0.6 is 0 Å². The van der Waals surface area contributed by atoms with Crippen LogP contribution in [0.4, 0.5) is 0 Å². The van der Waals surface area contributed by atoms with Gasteiger partial charge in [0.15, 0.2) is 5.78 Å². The standard InChI is InChI=1S/C17H16N2O/c20-15(11-10-14-6-2-1-3-7-14)12-19-13-18-16-8-4-5-9-17(16)19/h1-9,13H,10-12H2. The predicted octanol–water partition coefficient (Wildman–Crippen LogP) is 3.24. The van der Waals surface area contributed by atoms with Crippen LogP contribution < -0.4 is 0 Å². The minimum atomic E-state index is 0.233. The number of carbonyl (C=O) groups excluding carboxylic acids is 1. The summed E-state index contributed by atoms with van der Waals surface area (Å²) < 4.78 is 1.92. The number of para-hydroxylation sites is 2. The monoisotopic (exact) mass is 264 g/mol. The van der Waals surface area contributed by atoms with Crippen molar-refractivity contribution in [2.45, 2.75) is 19.4 Å². The highest BCUT2D eigenvalue weighted by Gasteiger charge is 2.07. The van der Waals surface area contributed by atoms with Crippen LogP contribution in [0.2, 0.25) is 0 Å². The van der Waals surface area contributed by atoms with Crippen molar-refractivity contribution in [2.75, 3.05) is 0 Å². The van der Waals surface area contributed by atoms with E-state index in [1.807, 2.05) is 47.0 Å². The van der Waals surface area contributed by atoms with E-state index in [9.17, 15) is 4.79 Å². The largest absolute Gasteiger partial charge is 0.323 e. The minimum absolute atomic E-state index is 0.233. The van der Waals surface area contributed by atoms with Crippen LogP contribution in [0.3, 0.4) is 0 Å². The molecule has 3 nitrogen and oxygen atoms in total. The van der Waals surface area contributed by atoms with Crippen molar-refractivity contribution in [3.63, 3.8) is 0 Å². The highest BCUT2D eigenvalue weighted by Crippen LogP contribution is 2.12. The predicted molar refractivity (Wildman–Crippen MR) is 79.5 cm³/mol. The molecule has 0 atom stereocenters. The molecule has 0 N–H and O–H groups in total. The molecule has 3 heteroatoms. The number of rotatable bonds is 5. The molecule has 0 amide bonds. The number of Topliss-reactive ketones (excluding diaryl/α,β-unsaturated/α-hetero) is 1. The maximum atomic E-state index is 12.1. The van der Waals surface area contributed by atoms with Gasteiger partial charge in [-0.25, -0.2) is 4.98 Å². The second kappa shape index (κ2) is 5.70. The molecular weight excluding hydrogens is 248 g/mol. The Morgan fingerprint density at radius 3 is 2.60 bits per heavy atom. The summed E-state index contributed by atoms with van der Waals surface area (Å²) >= 11 is 0. The van der Waals surface area contributed by atoms with E-state index in [0.717, 1.165) is 17.5 Å². The molecule has 1 aromatic heterocycles. The van der Waals surface area contributed by atoms with Crippen molar-refractivity contribution in [3.8, 4) is 0 Å². The van der Waals surface area contributed by atoms with E-state index in [0.29, 0.717) is 13.0 Å². The fourth-order valence-electron chi connectivity index (χ4n) is 2.33. The lowest BCUT2D eigenvalue weighted by molar-refractivity contribution is -0.119. The number of carbonyl (C=O) groups is 1. The molecule has 20 heavy (non-hydrogen) atoms. The Labute approximate surface area is 117 Å². The number of aromatic nitrogens is 2. The van der Waals surface area contributed by atoms with Gasteiger partial charge in [-0.3, -0.25) is 4.79 Å². The van der Waals surface area contributed by atoms with Gasteiger partial charge in [0.1, 0.15) is 0 Å². The van der Waals surface area contributed by atoms with Gasteiger partial charge in [-0.2, -0.15) is 0 Å². The number of ketones is 1. The summed E-state index contributed by atoms with van der Waals surface area (Å²) in [7, 11) is 0. The normalized spacial score (nSPS) is 10.8. The van der Waals surface area contributed by atoms with Crippen LogP contribution in [0.1, 0.15) is 12.0 Å². The maximum absolute atomic E-state index is 12.1. The lowest BCUT2D eigenvalue weighted by Gasteiger charge is -2.04. The van der Waals surface area contributed by atoms with Gasteiger partial charge in [0.2, 0.25) is 0 Å². The molecule has 0 aliphatic rings. The van der Waals surface area contributed by atoms with Gasteiger partial charge in [-0.1, -0.05) is 42.5 Å². The summed E-state index contributed by atoms with van der Waals surface area (Å²) in [5, 5.41) is 0. The minimum Gasteiger partial charge on any atom is -0.323 e. The van der Waals surface area contributed by atoms with E-state index >= 15 is 0 Å². The van der Waals surface area contributed by atoms with E-state index in [2.05, 4.69) is 17.1 Å². The van der Waals surface area contributed by atoms with E-state index in [1.165, 1.54) is 5.56 Å². The van der Waals surface area contributed by atoms with Crippen LogP contribution in [-0.4, -0.2) is 15.3 Å². The number of imidazole rings is 1. The second-order valence-electron chi connectivity index (χ2n) is 4.89. The molecule has 0 aliphatic carbocycles. The summed E-state index contributed by atoms with van der Waals surface area (Å²) in [5.74, 6) is 0.233. The Kier molecular flexibility index (Phi) is 3.59. The van der Waals surface area contributed by atoms with Gasteiger partial charge in [0.05, 0.1) is 23.9 Å². The average molecular weight is 264 g/mol. The summed E-state index contributed by atoms with van der Waals surface area (Å²) in [6.07, 6.45) is 3.11. The van der Waals surface area contributed by atoms with Crippen LogP contribution in [0.15, 0.2) is 60.9 Å². The van der Waals surface area contributed by atoms with Gasteiger partial charge in [0.25, 0.3) is 0 Å². The molecule has 3 aromatic rings. The topological polar surface area (TPSA) is 34.9 Å². The third-order valence-corrected chi connectivity index (χ3v) is 3.41. The number of benzene rings is 2. The second-order valence-corrected chi connectivity index (χ2v) is 4.89. The van der Waals surface area contributed by atoms with E-state index in [1.54, 1.807) is 6.33 Å². The van der Waals surface area contributed by atoms with Crippen molar-refractivity contribution >= 4 is 16.8 Å². The molecule has 100 valence electrons. The van der Waals surface area contributed by atoms with E-state index in [-0.39, 0.29) is 5.78 Å². The van der Waals surface area contributed by atoms with E-state index in [4.69, 9.17) is 0 Å². The molecule has 3 rings (SSSR count). The summed E-state index contributed by atoms with van der Waals surface area (Å²) in [5.41, 5.74) is 3.15. The molecule has 0 radical (unpaired) electrons. The fraction of sp³-hybridized carbons (Fsp3) is 0.176. The van der Waals surface area contributed by atoms with Crippen LogP contribution in [0.5, 0.6) is 0 Å². The summed E-state index contributed by atoms with van der Waals surface area (Å²) in [6, 6.07) is 18.0. The SMILES string of the molecule is O=C(CCc1ccccc1)Cn1cnc2ccccc21. The molecule has 0 aliphatic heterocycles. The first-order valence-corrected chi connectivity index (χ1v) is 6.78. The Hall–Kier alpha value is -2.42. The Bertz CT molecular complexity index is 716. The van der Waals surface area contributed by atoms with Gasteiger partial charge < -0.3 is 4.57 Å². The third-order valence-electron chi connectivity index (χ3n) is 3.41. The Balaban J connectivity index is 1.64. The molecule has 0 bridgehead atoms. The van der Waals surface area contributed by atoms with Crippen LogP contribution in [0, 0.1) is 0 Å².